The van der Waals surface area contributed by atoms with Gasteiger partial charge in [-0.15, -0.1) is 11.3 Å². The van der Waals surface area contributed by atoms with Gasteiger partial charge in [-0.3, -0.25) is 0 Å². The molecule has 0 radical (unpaired) electrons. The minimum atomic E-state index is -0.610. The maximum Gasteiger partial charge on any atom is 0.379 e. The molecule has 0 fully saturated rings. The molecule has 0 spiro atoms. The van der Waals surface area contributed by atoms with E-state index in [1.54, 1.807) is 6.92 Å². The topological polar surface area (TPSA) is 91.2 Å². The van der Waals surface area contributed by atoms with Crippen LogP contribution in [0.4, 0.5) is 0 Å². The normalized spacial score (nSPS) is 12.4. The van der Waals surface area contributed by atoms with E-state index in [0.717, 1.165) is 4.88 Å². The number of thiophene rings is 1. The van der Waals surface area contributed by atoms with Crippen molar-refractivity contribution < 1.29 is 14.1 Å². The van der Waals surface area contributed by atoms with Gasteiger partial charge in [0.15, 0.2) is 0 Å². The largest absolute Gasteiger partial charge is 0.460 e. The molecule has 0 aliphatic carbocycles. The van der Waals surface area contributed by atoms with Gasteiger partial charge in [-0.2, -0.15) is 4.98 Å². The number of hydrogen-bond acceptors (Lipinski definition) is 7. The van der Waals surface area contributed by atoms with Gasteiger partial charge in [0.05, 0.1) is 6.61 Å². The molecule has 1 atom stereocenters. The van der Waals surface area contributed by atoms with Crippen LogP contribution in [0.2, 0.25) is 0 Å². The molecule has 0 aliphatic heterocycles. The highest BCUT2D eigenvalue weighted by atomic mass is 32.1. The molecule has 1 unspecified atom stereocenters. The van der Waals surface area contributed by atoms with E-state index in [2.05, 4.69) is 10.1 Å². The van der Waals surface area contributed by atoms with Crippen LogP contribution in [0.3, 0.4) is 0 Å². The number of nitrogens with two attached hydrogens (primary N) is 1. The number of ether oxygens (including phenoxy) is 1. The van der Waals surface area contributed by atoms with Crippen molar-refractivity contribution in [3.8, 4) is 0 Å². The summed E-state index contributed by atoms with van der Waals surface area (Å²) in [6, 6.07) is 3.23. The van der Waals surface area contributed by atoms with Gasteiger partial charge < -0.3 is 15.0 Å². The Balaban J connectivity index is 2.15. The van der Waals surface area contributed by atoms with E-state index in [1.165, 1.54) is 11.3 Å². The fraction of sp³-hybridized carbons (Fsp3) is 0.300. The van der Waals surface area contributed by atoms with Crippen LogP contribution in [0.1, 0.15) is 34.4 Å². The average Bonchev–Trinajstić information content (AvgIpc) is 3.00. The Hall–Kier alpha value is -1.73. The highest BCUT2D eigenvalue weighted by Gasteiger charge is 2.21. The van der Waals surface area contributed by atoms with E-state index in [4.69, 9.17) is 15.0 Å². The molecule has 2 aromatic heterocycles. The zero-order chi connectivity index (χ0) is 12.3. The predicted molar refractivity (Wildman–Crippen MR) is 60.6 cm³/mol. The van der Waals surface area contributed by atoms with Crippen LogP contribution in [0.5, 0.6) is 0 Å². The lowest BCUT2D eigenvalue weighted by atomic mass is 10.2. The van der Waals surface area contributed by atoms with E-state index >= 15 is 0 Å². The molecule has 0 bridgehead atoms. The lowest BCUT2D eigenvalue weighted by Crippen LogP contribution is -2.12. The summed E-state index contributed by atoms with van der Waals surface area (Å²) >= 11 is 1.48. The van der Waals surface area contributed by atoms with Crippen LogP contribution in [0.25, 0.3) is 0 Å². The molecule has 2 N–H and O–H groups in total. The van der Waals surface area contributed by atoms with Crippen molar-refractivity contribution in [3.05, 3.63) is 34.1 Å². The van der Waals surface area contributed by atoms with Crippen molar-refractivity contribution in [2.45, 2.75) is 13.0 Å². The minimum Gasteiger partial charge on any atom is -0.460 e. The molecule has 2 heterocycles. The molecule has 7 heteroatoms. The van der Waals surface area contributed by atoms with Gasteiger partial charge in [0.25, 0.3) is 5.82 Å². The third-order valence-corrected chi connectivity index (χ3v) is 2.97. The van der Waals surface area contributed by atoms with Gasteiger partial charge in [0.2, 0.25) is 5.89 Å². The van der Waals surface area contributed by atoms with E-state index in [-0.39, 0.29) is 18.3 Å². The molecule has 90 valence electrons. The zero-order valence-corrected chi connectivity index (χ0v) is 9.94. The quantitative estimate of drug-likeness (QED) is 0.827. The fourth-order valence-corrected chi connectivity index (χ4v) is 1.95. The van der Waals surface area contributed by atoms with Gasteiger partial charge in [0.1, 0.15) is 6.04 Å². The van der Waals surface area contributed by atoms with E-state index in [9.17, 15) is 4.79 Å². The molecule has 0 saturated carbocycles. The van der Waals surface area contributed by atoms with E-state index < -0.39 is 12.0 Å². The van der Waals surface area contributed by atoms with Crippen molar-refractivity contribution in [2.24, 2.45) is 5.73 Å². The number of esters is 1. The van der Waals surface area contributed by atoms with Gasteiger partial charge in [-0.05, 0) is 23.5 Å². The molecule has 2 aromatic rings. The number of aromatic nitrogens is 2. The van der Waals surface area contributed by atoms with E-state index in [0.29, 0.717) is 0 Å². The summed E-state index contributed by atoms with van der Waals surface area (Å²) in [7, 11) is 0. The highest BCUT2D eigenvalue weighted by molar-refractivity contribution is 7.10. The average molecular weight is 253 g/mol. The highest BCUT2D eigenvalue weighted by Crippen LogP contribution is 2.22. The lowest BCUT2D eigenvalue weighted by Gasteiger charge is -2.01. The zero-order valence-electron chi connectivity index (χ0n) is 9.12. The van der Waals surface area contributed by atoms with Crippen LogP contribution in [-0.4, -0.2) is 22.7 Å². The smallest absolute Gasteiger partial charge is 0.379 e. The van der Waals surface area contributed by atoms with Crippen LogP contribution < -0.4 is 5.73 Å². The number of carbonyl (C=O) groups is 1. The Morgan fingerprint density at radius 1 is 1.71 bits per heavy atom. The predicted octanol–water partition coefficient (Wildman–Crippen LogP) is 1.36. The van der Waals surface area contributed by atoms with Gasteiger partial charge in [-0.1, -0.05) is 6.07 Å². The lowest BCUT2D eigenvalue weighted by molar-refractivity contribution is 0.0508. The summed E-state index contributed by atoms with van der Waals surface area (Å²) in [5.41, 5.74) is 5.91. The molecule has 0 aliphatic rings. The van der Waals surface area contributed by atoms with Crippen LogP contribution >= 0.6 is 11.3 Å². The standard InChI is InChI=1S/C10H11N3O3S/c1-2-15-10(14)8-12-9(16-13-8)7(11)6-4-3-5-17-6/h3-5,7H,2,11H2,1H3. The SMILES string of the molecule is CCOC(=O)c1noc(C(N)c2cccs2)n1. The molecule has 0 aromatic carbocycles. The first-order chi connectivity index (χ1) is 8.22. The summed E-state index contributed by atoms with van der Waals surface area (Å²) in [6.45, 7) is 1.97. The van der Waals surface area contributed by atoms with Crippen molar-refractivity contribution >= 4 is 17.3 Å². The fourth-order valence-electron chi connectivity index (χ4n) is 1.23. The molecule has 17 heavy (non-hydrogen) atoms. The van der Waals surface area contributed by atoms with Crippen molar-refractivity contribution in [3.63, 3.8) is 0 Å². The van der Waals surface area contributed by atoms with Crippen molar-refractivity contribution in [1.29, 1.82) is 0 Å². The first kappa shape index (κ1) is 11.7. The first-order valence-electron chi connectivity index (χ1n) is 5.02. The Bertz CT molecular complexity index is 495. The van der Waals surface area contributed by atoms with Gasteiger partial charge in [0, 0.05) is 4.88 Å². The Morgan fingerprint density at radius 2 is 2.53 bits per heavy atom. The molecular weight excluding hydrogens is 242 g/mol. The van der Waals surface area contributed by atoms with Gasteiger partial charge in [-0.25, -0.2) is 4.79 Å². The second-order valence-corrected chi connectivity index (χ2v) is 4.15. The van der Waals surface area contributed by atoms with E-state index in [1.807, 2.05) is 17.5 Å². The van der Waals surface area contributed by atoms with Crippen molar-refractivity contribution in [2.75, 3.05) is 6.61 Å². The maximum atomic E-state index is 11.3. The van der Waals surface area contributed by atoms with Gasteiger partial charge >= 0.3 is 5.97 Å². The van der Waals surface area contributed by atoms with Crippen LogP contribution in [0.15, 0.2) is 22.0 Å². The molecular formula is C10H11N3O3S. The first-order valence-corrected chi connectivity index (χ1v) is 5.90. The summed E-state index contributed by atoms with van der Waals surface area (Å²) in [5.74, 6) is -0.509. The summed E-state index contributed by atoms with van der Waals surface area (Å²) in [5, 5.41) is 5.43. The summed E-state index contributed by atoms with van der Waals surface area (Å²) in [4.78, 5) is 16.1. The Morgan fingerprint density at radius 3 is 3.18 bits per heavy atom. The minimum absolute atomic E-state index is 0.103. The molecule has 2 rings (SSSR count). The monoisotopic (exact) mass is 253 g/mol. The molecule has 6 nitrogen and oxygen atoms in total. The van der Waals surface area contributed by atoms with Crippen LogP contribution in [-0.2, 0) is 4.74 Å². The van der Waals surface area contributed by atoms with Crippen LogP contribution in [0, 0.1) is 0 Å². The number of rotatable bonds is 4. The Kier molecular flexibility index (Phi) is 3.50. The Labute approximate surface area is 101 Å². The number of carbonyl (C=O) groups excluding carboxylic acids is 1. The second-order valence-electron chi connectivity index (χ2n) is 3.17. The maximum absolute atomic E-state index is 11.3. The second kappa shape index (κ2) is 5.07. The summed E-state index contributed by atoms with van der Waals surface area (Å²) < 4.78 is 9.69. The number of hydrogen-bond donors (Lipinski definition) is 1. The third kappa shape index (κ3) is 2.51. The number of nitrogens with zero attached hydrogens (tertiary/aromatic N) is 2. The van der Waals surface area contributed by atoms with Crippen molar-refractivity contribution in [1.82, 2.24) is 10.1 Å². The summed E-state index contributed by atoms with van der Waals surface area (Å²) in [6.07, 6.45) is 0. The molecule has 0 amide bonds. The molecule has 0 saturated heterocycles. The third-order valence-electron chi connectivity index (χ3n) is 2.02.